The van der Waals surface area contributed by atoms with Gasteiger partial charge >= 0.3 is 0 Å². The van der Waals surface area contributed by atoms with E-state index in [-0.39, 0.29) is 11.6 Å². The molecule has 0 saturated carbocycles. The molecule has 1 amide bonds. The Balaban J connectivity index is 2.19. The van der Waals surface area contributed by atoms with Gasteiger partial charge in [-0.3, -0.25) is 9.48 Å². The summed E-state index contributed by atoms with van der Waals surface area (Å²) in [7, 11) is 1.61. The first kappa shape index (κ1) is 14.6. The van der Waals surface area contributed by atoms with Crippen molar-refractivity contribution in [2.75, 3.05) is 40.0 Å². The topological polar surface area (TPSA) is 104 Å². The lowest BCUT2D eigenvalue weighted by molar-refractivity contribution is 0.0692. The Morgan fingerprint density at radius 2 is 2.33 bits per heavy atom. The number of amides is 1. The van der Waals surface area contributed by atoms with Crippen LogP contribution in [0.2, 0.25) is 0 Å². The molecule has 0 aliphatic carbocycles. The second kappa shape index (κ2) is 8.56. The summed E-state index contributed by atoms with van der Waals surface area (Å²) in [6.07, 6.45) is 1.56. The van der Waals surface area contributed by atoms with E-state index in [9.17, 15) is 4.79 Å². The molecule has 0 saturated heterocycles. The molecule has 102 valence electrons. The van der Waals surface area contributed by atoms with Gasteiger partial charge in [0, 0.05) is 20.2 Å². The summed E-state index contributed by atoms with van der Waals surface area (Å²) in [6.45, 7) is 2.91. The van der Waals surface area contributed by atoms with Crippen LogP contribution in [0.1, 0.15) is 10.5 Å². The lowest BCUT2D eigenvalue weighted by Gasteiger charge is -2.04. The number of methoxy groups -OCH3 is 1. The zero-order valence-electron chi connectivity index (χ0n) is 10.5. The van der Waals surface area contributed by atoms with Gasteiger partial charge in [0.2, 0.25) is 0 Å². The average Bonchev–Trinajstić information content (AvgIpc) is 2.82. The summed E-state index contributed by atoms with van der Waals surface area (Å²) in [5.74, 6) is -0.270. The van der Waals surface area contributed by atoms with Gasteiger partial charge in [-0.15, -0.1) is 5.10 Å². The number of nitrogens with one attached hydrogen (secondary N) is 1. The fourth-order valence-electron chi connectivity index (χ4n) is 1.22. The minimum atomic E-state index is -0.270. The smallest absolute Gasteiger partial charge is 0.273 e. The Hall–Kier alpha value is -1.51. The van der Waals surface area contributed by atoms with Crippen molar-refractivity contribution in [2.45, 2.75) is 6.54 Å². The molecule has 1 aromatic heterocycles. The van der Waals surface area contributed by atoms with E-state index in [4.69, 9.17) is 15.2 Å². The minimum Gasteiger partial charge on any atom is -0.382 e. The molecule has 8 nitrogen and oxygen atoms in total. The number of aromatic nitrogens is 3. The predicted octanol–water partition coefficient (Wildman–Crippen LogP) is -1.37. The van der Waals surface area contributed by atoms with E-state index < -0.39 is 0 Å². The Morgan fingerprint density at radius 3 is 3.06 bits per heavy atom. The molecule has 0 fully saturated rings. The van der Waals surface area contributed by atoms with E-state index in [0.717, 1.165) is 0 Å². The first-order valence-corrected chi connectivity index (χ1v) is 5.73. The van der Waals surface area contributed by atoms with Crippen molar-refractivity contribution in [1.29, 1.82) is 0 Å². The van der Waals surface area contributed by atoms with Crippen LogP contribution in [-0.2, 0) is 16.0 Å². The second-order valence-corrected chi connectivity index (χ2v) is 3.52. The van der Waals surface area contributed by atoms with Gasteiger partial charge < -0.3 is 20.5 Å². The number of hydrogen-bond acceptors (Lipinski definition) is 6. The zero-order valence-corrected chi connectivity index (χ0v) is 10.5. The molecular formula is C10H19N5O3. The summed E-state index contributed by atoms with van der Waals surface area (Å²) >= 11 is 0. The van der Waals surface area contributed by atoms with Gasteiger partial charge in [0.1, 0.15) is 0 Å². The van der Waals surface area contributed by atoms with Crippen LogP contribution in [0.5, 0.6) is 0 Å². The maximum Gasteiger partial charge on any atom is 0.273 e. The first-order valence-electron chi connectivity index (χ1n) is 5.73. The number of hydrogen-bond donors (Lipinski definition) is 2. The van der Waals surface area contributed by atoms with E-state index in [0.29, 0.717) is 39.5 Å². The van der Waals surface area contributed by atoms with Gasteiger partial charge in [-0.2, -0.15) is 0 Å². The number of rotatable bonds is 9. The van der Waals surface area contributed by atoms with E-state index in [2.05, 4.69) is 15.6 Å². The third-order valence-electron chi connectivity index (χ3n) is 2.09. The molecule has 8 heteroatoms. The Bertz CT molecular complexity index is 355. The standard InChI is InChI=1S/C10H19N5O3/c1-17-6-7-18-5-3-12-10(16)9-8-15(4-2-11)14-13-9/h8H,2-7,11H2,1H3,(H,12,16). The summed E-state index contributed by atoms with van der Waals surface area (Å²) in [5.41, 5.74) is 5.65. The summed E-state index contributed by atoms with van der Waals surface area (Å²) in [5, 5.41) is 10.2. The van der Waals surface area contributed by atoms with Crippen molar-refractivity contribution >= 4 is 5.91 Å². The van der Waals surface area contributed by atoms with Crippen LogP contribution in [0.15, 0.2) is 6.20 Å². The lowest BCUT2D eigenvalue weighted by atomic mass is 10.4. The highest BCUT2D eigenvalue weighted by molar-refractivity contribution is 5.91. The third kappa shape index (κ3) is 5.21. The largest absolute Gasteiger partial charge is 0.382 e. The molecule has 1 heterocycles. The molecular weight excluding hydrogens is 238 g/mol. The molecule has 0 unspecified atom stereocenters. The van der Waals surface area contributed by atoms with E-state index in [1.807, 2.05) is 0 Å². The van der Waals surface area contributed by atoms with Crippen LogP contribution in [0.3, 0.4) is 0 Å². The average molecular weight is 257 g/mol. The Morgan fingerprint density at radius 1 is 1.50 bits per heavy atom. The molecule has 0 radical (unpaired) electrons. The monoisotopic (exact) mass is 257 g/mol. The molecule has 0 atom stereocenters. The molecule has 1 rings (SSSR count). The third-order valence-corrected chi connectivity index (χ3v) is 2.09. The maximum atomic E-state index is 11.6. The molecule has 0 bridgehead atoms. The molecule has 0 spiro atoms. The van der Waals surface area contributed by atoms with Crippen molar-refractivity contribution in [2.24, 2.45) is 5.73 Å². The number of ether oxygens (including phenoxy) is 2. The van der Waals surface area contributed by atoms with Crippen molar-refractivity contribution < 1.29 is 14.3 Å². The van der Waals surface area contributed by atoms with E-state index in [1.54, 1.807) is 13.3 Å². The van der Waals surface area contributed by atoms with Gasteiger partial charge in [0.05, 0.1) is 32.6 Å². The number of carbonyl (C=O) groups excluding carboxylic acids is 1. The van der Waals surface area contributed by atoms with Gasteiger partial charge in [0.25, 0.3) is 5.91 Å². The Labute approximate surface area is 105 Å². The minimum absolute atomic E-state index is 0.270. The highest BCUT2D eigenvalue weighted by Crippen LogP contribution is 1.92. The van der Waals surface area contributed by atoms with Crippen LogP contribution < -0.4 is 11.1 Å². The molecule has 18 heavy (non-hydrogen) atoms. The fraction of sp³-hybridized carbons (Fsp3) is 0.700. The number of nitrogens with two attached hydrogens (primary N) is 1. The zero-order chi connectivity index (χ0) is 13.2. The van der Waals surface area contributed by atoms with Gasteiger partial charge in [-0.05, 0) is 0 Å². The second-order valence-electron chi connectivity index (χ2n) is 3.52. The van der Waals surface area contributed by atoms with Gasteiger partial charge in [0.15, 0.2) is 5.69 Å². The van der Waals surface area contributed by atoms with Crippen LogP contribution >= 0.6 is 0 Å². The van der Waals surface area contributed by atoms with Crippen LogP contribution in [0.25, 0.3) is 0 Å². The van der Waals surface area contributed by atoms with Gasteiger partial charge in [-0.1, -0.05) is 5.21 Å². The maximum absolute atomic E-state index is 11.6. The van der Waals surface area contributed by atoms with Crippen LogP contribution in [-0.4, -0.2) is 60.9 Å². The molecule has 1 aromatic rings. The lowest BCUT2D eigenvalue weighted by Crippen LogP contribution is -2.28. The number of nitrogens with zero attached hydrogens (tertiary/aromatic N) is 3. The SMILES string of the molecule is COCCOCCNC(=O)c1cn(CCN)nn1. The normalized spacial score (nSPS) is 10.6. The predicted molar refractivity (Wildman–Crippen MR) is 64.1 cm³/mol. The summed E-state index contributed by atoms with van der Waals surface area (Å²) in [4.78, 5) is 11.6. The number of carbonyl (C=O) groups is 1. The van der Waals surface area contributed by atoms with Crippen molar-refractivity contribution in [3.05, 3.63) is 11.9 Å². The first-order chi connectivity index (χ1) is 8.77. The quantitative estimate of drug-likeness (QED) is 0.529. The summed E-state index contributed by atoms with van der Waals surface area (Å²) < 4.78 is 11.6. The highest BCUT2D eigenvalue weighted by atomic mass is 16.5. The molecule has 0 aromatic carbocycles. The van der Waals surface area contributed by atoms with E-state index >= 15 is 0 Å². The van der Waals surface area contributed by atoms with Crippen LogP contribution in [0, 0.1) is 0 Å². The molecule has 0 aliphatic rings. The summed E-state index contributed by atoms with van der Waals surface area (Å²) in [6, 6.07) is 0. The van der Waals surface area contributed by atoms with Crippen molar-refractivity contribution in [1.82, 2.24) is 20.3 Å². The Kier molecular flexibility index (Phi) is 6.92. The van der Waals surface area contributed by atoms with Crippen molar-refractivity contribution in [3.8, 4) is 0 Å². The fourth-order valence-corrected chi connectivity index (χ4v) is 1.22. The molecule has 3 N–H and O–H groups in total. The molecule has 0 aliphatic heterocycles. The van der Waals surface area contributed by atoms with Crippen molar-refractivity contribution in [3.63, 3.8) is 0 Å². The highest BCUT2D eigenvalue weighted by Gasteiger charge is 2.09. The van der Waals surface area contributed by atoms with E-state index in [1.165, 1.54) is 4.68 Å². The van der Waals surface area contributed by atoms with Crippen LogP contribution in [0.4, 0.5) is 0 Å². The van der Waals surface area contributed by atoms with Gasteiger partial charge in [-0.25, -0.2) is 0 Å².